The molecule has 7 heteroatoms. The molecule has 3 aromatic rings. The number of amides is 1. The van der Waals surface area contributed by atoms with Crippen LogP contribution in [0.3, 0.4) is 0 Å². The van der Waals surface area contributed by atoms with Crippen molar-refractivity contribution in [1.82, 2.24) is 15.3 Å². The van der Waals surface area contributed by atoms with Crippen LogP contribution in [0.15, 0.2) is 61.1 Å². The van der Waals surface area contributed by atoms with Gasteiger partial charge >= 0.3 is 0 Å². The number of rotatable bonds is 8. The van der Waals surface area contributed by atoms with Gasteiger partial charge in [0.25, 0.3) is 0 Å². The van der Waals surface area contributed by atoms with E-state index in [0.717, 1.165) is 22.4 Å². The Morgan fingerprint density at radius 1 is 1.03 bits per heavy atom. The predicted octanol–water partition coefficient (Wildman–Crippen LogP) is 3.50. The Hall–Kier alpha value is -3.87. The zero-order valence-electron chi connectivity index (χ0n) is 17.1. The quantitative estimate of drug-likeness (QED) is 0.578. The van der Waals surface area contributed by atoms with Crippen LogP contribution in [0.1, 0.15) is 11.1 Å². The summed E-state index contributed by atoms with van der Waals surface area (Å²) in [6, 6.07) is 11.2. The highest BCUT2D eigenvalue weighted by Gasteiger charge is 2.12. The number of benzene rings is 1. The van der Waals surface area contributed by atoms with Crippen LogP contribution in [0.2, 0.25) is 0 Å². The SMILES string of the molecule is COc1cc(/C=C/C(=O)NCc2ccc(-c3cccnc3)nc2)cc(OC)c1OC. The lowest BCUT2D eigenvalue weighted by Gasteiger charge is -2.12. The van der Waals surface area contributed by atoms with Crippen molar-refractivity contribution in [3.8, 4) is 28.5 Å². The van der Waals surface area contributed by atoms with Crippen molar-refractivity contribution in [2.45, 2.75) is 6.54 Å². The summed E-state index contributed by atoms with van der Waals surface area (Å²) in [7, 11) is 4.64. The molecule has 0 unspecified atom stereocenters. The van der Waals surface area contributed by atoms with Gasteiger partial charge < -0.3 is 19.5 Å². The fraction of sp³-hybridized carbons (Fsp3) is 0.174. The number of hydrogen-bond donors (Lipinski definition) is 1. The third-order valence-electron chi connectivity index (χ3n) is 4.36. The van der Waals surface area contributed by atoms with Crippen molar-refractivity contribution < 1.29 is 19.0 Å². The maximum Gasteiger partial charge on any atom is 0.244 e. The summed E-state index contributed by atoms with van der Waals surface area (Å²) in [5.41, 5.74) is 3.43. The van der Waals surface area contributed by atoms with E-state index in [1.54, 1.807) is 58.1 Å². The van der Waals surface area contributed by atoms with Gasteiger partial charge in [0.1, 0.15) is 0 Å². The molecule has 0 aliphatic carbocycles. The smallest absolute Gasteiger partial charge is 0.244 e. The third-order valence-corrected chi connectivity index (χ3v) is 4.36. The van der Waals surface area contributed by atoms with Crippen LogP contribution in [0.5, 0.6) is 17.2 Å². The van der Waals surface area contributed by atoms with E-state index in [1.165, 1.54) is 6.08 Å². The minimum Gasteiger partial charge on any atom is -0.493 e. The van der Waals surface area contributed by atoms with Crippen LogP contribution < -0.4 is 19.5 Å². The molecule has 1 N–H and O–H groups in total. The molecule has 0 aliphatic rings. The van der Waals surface area contributed by atoms with Crippen molar-refractivity contribution in [2.75, 3.05) is 21.3 Å². The van der Waals surface area contributed by atoms with Gasteiger partial charge in [-0.25, -0.2) is 0 Å². The van der Waals surface area contributed by atoms with Gasteiger partial charge in [-0.1, -0.05) is 6.07 Å². The molecule has 3 rings (SSSR count). The molecular weight excluding hydrogens is 382 g/mol. The fourth-order valence-corrected chi connectivity index (χ4v) is 2.83. The molecule has 0 spiro atoms. The Morgan fingerprint density at radius 2 is 1.80 bits per heavy atom. The largest absolute Gasteiger partial charge is 0.493 e. The van der Waals surface area contributed by atoms with Gasteiger partial charge in [0.05, 0.1) is 27.0 Å². The molecule has 7 nitrogen and oxygen atoms in total. The summed E-state index contributed by atoms with van der Waals surface area (Å²) in [6.45, 7) is 0.374. The summed E-state index contributed by atoms with van der Waals surface area (Å²) in [4.78, 5) is 20.7. The zero-order chi connectivity index (χ0) is 21.3. The van der Waals surface area contributed by atoms with E-state index in [-0.39, 0.29) is 5.91 Å². The first-order chi connectivity index (χ1) is 14.6. The van der Waals surface area contributed by atoms with Crippen LogP contribution in [0.25, 0.3) is 17.3 Å². The standard InChI is InChI=1S/C23H23N3O4/c1-28-20-11-16(12-21(29-2)23(20)30-3)7-9-22(27)26-14-17-6-8-19(25-13-17)18-5-4-10-24-15-18/h4-13,15H,14H2,1-3H3,(H,26,27)/b9-7+. The monoisotopic (exact) mass is 405 g/mol. The second kappa shape index (κ2) is 10.1. The maximum absolute atomic E-state index is 12.2. The lowest BCUT2D eigenvalue weighted by Crippen LogP contribution is -2.20. The Balaban J connectivity index is 1.61. The van der Waals surface area contributed by atoms with Crippen molar-refractivity contribution in [1.29, 1.82) is 0 Å². The van der Waals surface area contributed by atoms with Crippen LogP contribution in [0, 0.1) is 0 Å². The highest BCUT2D eigenvalue weighted by Crippen LogP contribution is 2.38. The first kappa shape index (κ1) is 20.9. The number of hydrogen-bond acceptors (Lipinski definition) is 6. The average molecular weight is 405 g/mol. The molecule has 0 fully saturated rings. The molecule has 1 amide bonds. The van der Waals surface area contributed by atoms with Gasteiger partial charge in [-0.2, -0.15) is 0 Å². The molecule has 2 aromatic heterocycles. The molecule has 0 aliphatic heterocycles. The van der Waals surface area contributed by atoms with E-state index < -0.39 is 0 Å². The summed E-state index contributed by atoms with van der Waals surface area (Å²) < 4.78 is 15.9. The van der Waals surface area contributed by atoms with E-state index in [4.69, 9.17) is 14.2 Å². The zero-order valence-corrected chi connectivity index (χ0v) is 17.1. The molecule has 0 bridgehead atoms. The van der Waals surface area contributed by atoms with E-state index in [0.29, 0.717) is 23.8 Å². The molecule has 154 valence electrons. The number of carbonyl (C=O) groups is 1. The second-order valence-electron chi connectivity index (χ2n) is 6.30. The molecule has 0 radical (unpaired) electrons. The third kappa shape index (κ3) is 5.14. The Morgan fingerprint density at radius 3 is 2.37 bits per heavy atom. The van der Waals surface area contributed by atoms with Gasteiger partial charge in [-0.15, -0.1) is 0 Å². The predicted molar refractivity (Wildman–Crippen MR) is 114 cm³/mol. The van der Waals surface area contributed by atoms with Gasteiger partial charge in [0.2, 0.25) is 11.7 Å². The van der Waals surface area contributed by atoms with Crippen LogP contribution in [0.4, 0.5) is 0 Å². The first-order valence-electron chi connectivity index (χ1n) is 9.26. The molecule has 0 saturated carbocycles. The van der Waals surface area contributed by atoms with Crippen molar-refractivity contribution in [3.05, 3.63) is 72.2 Å². The lowest BCUT2D eigenvalue weighted by atomic mass is 10.1. The molecule has 1 aromatic carbocycles. The first-order valence-corrected chi connectivity index (χ1v) is 9.26. The number of aromatic nitrogens is 2. The summed E-state index contributed by atoms with van der Waals surface area (Å²) in [6.07, 6.45) is 8.37. The van der Waals surface area contributed by atoms with Gasteiger partial charge in [0, 0.05) is 36.8 Å². The average Bonchev–Trinajstić information content (AvgIpc) is 2.81. The number of ether oxygens (including phenoxy) is 3. The molecule has 2 heterocycles. The minimum absolute atomic E-state index is 0.222. The topological polar surface area (TPSA) is 82.6 Å². The second-order valence-corrected chi connectivity index (χ2v) is 6.30. The van der Waals surface area contributed by atoms with Crippen molar-refractivity contribution in [2.24, 2.45) is 0 Å². The number of nitrogens with one attached hydrogen (secondary N) is 1. The fourth-order valence-electron chi connectivity index (χ4n) is 2.83. The van der Waals surface area contributed by atoms with Crippen LogP contribution >= 0.6 is 0 Å². The van der Waals surface area contributed by atoms with Crippen LogP contribution in [-0.2, 0) is 11.3 Å². The summed E-state index contributed by atoms with van der Waals surface area (Å²) in [5, 5.41) is 2.84. The Bertz CT molecular complexity index is 993. The number of carbonyl (C=O) groups excluding carboxylic acids is 1. The minimum atomic E-state index is -0.222. The van der Waals surface area contributed by atoms with Gasteiger partial charge in [-0.3, -0.25) is 14.8 Å². The van der Waals surface area contributed by atoms with E-state index in [9.17, 15) is 4.79 Å². The van der Waals surface area contributed by atoms with Gasteiger partial charge in [0.15, 0.2) is 11.5 Å². The van der Waals surface area contributed by atoms with E-state index in [2.05, 4.69) is 15.3 Å². The Kier molecular flexibility index (Phi) is 7.00. The lowest BCUT2D eigenvalue weighted by molar-refractivity contribution is -0.116. The van der Waals surface area contributed by atoms with Crippen LogP contribution in [-0.4, -0.2) is 37.2 Å². The molecule has 30 heavy (non-hydrogen) atoms. The number of methoxy groups -OCH3 is 3. The van der Waals surface area contributed by atoms with Crippen molar-refractivity contribution in [3.63, 3.8) is 0 Å². The van der Waals surface area contributed by atoms with Gasteiger partial charge in [-0.05, 0) is 47.5 Å². The summed E-state index contributed by atoms with van der Waals surface area (Å²) >= 11 is 0. The Labute approximate surface area is 175 Å². The number of pyridine rings is 2. The molecule has 0 saturated heterocycles. The van der Waals surface area contributed by atoms with Crippen molar-refractivity contribution >= 4 is 12.0 Å². The molecular formula is C23H23N3O4. The van der Waals surface area contributed by atoms with E-state index in [1.807, 2.05) is 24.3 Å². The maximum atomic E-state index is 12.2. The normalized spacial score (nSPS) is 10.6. The summed E-state index contributed by atoms with van der Waals surface area (Å²) in [5.74, 6) is 1.33. The number of nitrogens with zero attached hydrogens (tertiary/aromatic N) is 2. The molecule has 0 atom stereocenters. The van der Waals surface area contributed by atoms with E-state index >= 15 is 0 Å². The highest BCUT2D eigenvalue weighted by atomic mass is 16.5. The highest BCUT2D eigenvalue weighted by molar-refractivity contribution is 5.91.